The van der Waals surface area contributed by atoms with Gasteiger partial charge < -0.3 is 23.9 Å². The van der Waals surface area contributed by atoms with Crippen molar-refractivity contribution in [3.63, 3.8) is 0 Å². The Kier molecular flexibility index (Phi) is 6.46. The average Bonchev–Trinajstić information content (AvgIpc) is 3.31. The third-order valence-electron chi connectivity index (χ3n) is 4.71. The molecule has 0 bridgehead atoms. The normalized spacial score (nSPS) is 10.7. The molecule has 9 heteroatoms. The molecule has 0 unspecified atom stereocenters. The summed E-state index contributed by atoms with van der Waals surface area (Å²) in [6.45, 7) is 0. The lowest BCUT2D eigenvalue weighted by atomic mass is 10.1. The van der Waals surface area contributed by atoms with Crippen LogP contribution in [-0.4, -0.2) is 43.2 Å². The molecule has 1 N–H and O–H groups in total. The summed E-state index contributed by atoms with van der Waals surface area (Å²) >= 11 is 1.16. The first-order valence-electron chi connectivity index (χ1n) is 9.67. The topological polar surface area (TPSA) is 95.7 Å². The molecule has 1 heterocycles. The Bertz CT molecular complexity index is 1230. The molecule has 0 aliphatic heterocycles. The van der Waals surface area contributed by atoms with Gasteiger partial charge in [-0.15, -0.1) is 10.2 Å². The van der Waals surface area contributed by atoms with Crippen molar-refractivity contribution < 1.29 is 23.4 Å². The fourth-order valence-electron chi connectivity index (χ4n) is 3.24. The number of anilines is 1. The summed E-state index contributed by atoms with van der Waals surface area (Å²) in [5, 5.41) is 13.4. The standard InChI is InChI=1S/C23H21N3O5S/c1-28-18-11-15(12-19(29-2)21(18)30-3)22-25-26-23(31-22)32-13-20(27)24-17-10-6-8-14-7-4-5-9-16(14)17/h4-12H,13H2,1-3H3,(H,24,27). The second kappa shape index (κ2) is 9.61. The summed E-state index contributed by atoms with van der Waals surface area (Å²) in [5.41, 5.74) is 1.37. The van der Waals surface area contributed by atoms with Gasteiger partial charge in [-0.1, -0.05) is 48.2 Å². The van der Waals surface area contributed by atoms with Crippen LogP contribution in [0.15, 0.2) is 64.2 Å². The quantitative estimate of drug-likeness (QED) is 0.387. The Labute approximate surface area is 188 Å². The molecule has 3 aromatic carbocycles. The van der Waals surface area contributed by atoms with Crippen LogP contribution < -0.4 is 19.5 Å². The van der Waals surface area contributed by atoms with Gasteiger partial charge in [0.1, 0.15) is 0 Å². The molecule has 1 aromatic heterocycles. The van der Waals surface area contributed by atoms with Gasteiger partial charge in [-0.25, -0.2) is 0 Å². The molecule has 0 radical (unpaired) electrons. The molecule has 0 saturated carbocycles. The highest BCUT2D eigenvalue weighted by Crippen LogP contribution is 2.41. The van der Waals surface area contributed by atoms with E-state index >= 15 is 0 Å². The third-order valence-corrected chi connectivity index (χ3v) is 5.53. The molecule has 0 saturated heterocycles. The number of nitrogens with zero attached hydrogens (tertiary/aromatic N) is 2. The zero-order chi connectivity index (χ0) is 22.5. The average molecular weight is 452 g/mol. The number of carbonyl (C=O) groups excluding carboxylic acids is 1. The van der Waals surface area contributed by atoms with Crippen LogP contribution in [0.2, 0.25) is 0 Å². The molecule has 0 spiro atoms. The summed E-state index contributed by atoms with van der Waals surface area (Å²) in [7, 11) is 4.60. The smallest absolute Gasteiger partial charge is 0.277 e. The fraction of sp³-hybridized carbons (Fsp3) is 0.174. The lowest BCUT2D eigenvalue weighted by Crippen LogP contribution is -2.14. The molecule has 0 fully saturated rings. The van der Waals surface area contributed by atoms with E-state index in [1.165, 1.54) is 21.3 Å². The van der Waals surface area contributed by atoms with E-state index in [9.17, 15) is 4.79 Å². The van der Waals surface area contributed by atoms with E-state index in [4.69, 9.17) is 18.6 Å². The number of methoxy groups -OCH3 is 3. The second-order valence-corrected chi connectivity index (χ2v) is 7.58. The number of hydrogen-bond acceptors (Lipinski definition) is 8. The summed E-state index contributed by atoms with van der Waals surface area (Å²) in [6, 6.07) is 17.1. The van der Waals surface area contributed by atoms with E-state index in [1.807, 2.05) is 42.5 Å². The second-order valence-electron chi connectivity index (χ2n) is 6.65. The number of benzene rings is 3. The number of fused-ring (bicyclic) bond motifs is 1. The van der Waals surface area contributed by atoms with Crippen LogP contribution in [0.5, 0.6) is 17.2 Å². The minimum atomic E-state index is -0.168. The molecular weight excluding hydrogens is 430 g/mol. The lowest BCUT2D eigenvalue weighted by Gasteiger charge is -2.12. The van der Waals surface area contributed by atoms with Gasteiger partial charge in [-0.3, -0.25) is 4.79 Å². The number of carbonyl (C=O) groups is 1. The first-order valence-corrected chi connectivity index (χ1v) is 10.7. The van der Waals surface area contributed by atoms with E-state index in [-0.39, 0.29) is 22.8 Å². The van der Waals surface area contributed by atoms with Crippen LogP contribution in [0.4, 0.5) is 5.69 Å². The first kappa shape index (κ1) is 21.5. The highest BCUT2D eigenvalue weighted by Gasteiger charge is 2.18. The van der Waals surface area contributed by atoms with Crippen molar-refractivity contribution in [1.82, 2.24) is 10.2 Å². The molecule has 4 aromatic rings. The van der Waals surface area contributed by atoms with Crippen LogP contribution >= 0.6 is 11.8 Å². The SMILES string of the molecule is COc1cc(-c2nnc(SCC(=O)Nc3cccc4ccccc34)o2)cc(OC)c1OC. The zero-order valence-corrected chi connectivity index (χ0v) is 18.6. The van der Waals surface area contributed by atoms with E-state index in [0.29, 0.717) is 22.8 Å². The van der Waals surface area contributed by atoms with Crippen LogP contribution in [0, 0.1) is 0 Å². The Morgan fingerprint density at radius 3 is 2.41 bits per heavy atom. The summed E-state index contributed by atoms with van der Waals surface area (Å²) in [5.74, 6) is 1.66. The van der Waals surface area contributed by atoms with Gasteiger partial charge in [0.05, 0.1) is 27.1 Å². The molecular formula is C23H21N3O5S. The van der Waals surface area contributed by atoms with E-state index in [2.05, 4.69) is 15.5 Å². The lowest BCUT2D eigenvalue weighted by molar-refractivity contribution is -0.113. The molecule has 0 aliphatic rings. The van der Waals surface area contributed by atoms with Gasteiger partial charge in [-0.05, 0) is 23.6 Å². The highest BCUT2D eigenvalue weighted by atomic mass is 32.2. The van der Waals surface area contributed by atoms with Gasteiger partial charge in [0.2, 0.25) is 17.5 Å². The van der Waals surface area contributed by atoms with Crippen LogP contribution in [0.3, 0.4) is 0 Å². The van der Waals surface area contributed by atoms with Crippen LogP contribution in [0.1, 0.15) is 0 Å². The van der Waals surface area contributed by atoms with E-state index < -0.39 is 0 Å². The number of rotatable bonds is 8. The summed E-state index contributed by atoms with van der Waals surface area (Å²) in [4.78, 5) is 12.5. The molecule has 8 nitrogen and oxygen atoms in total. The van der Waals surface area contributed by atoms with Gasteiger partial charge in [-0.2, -0.15) is 0 Å². The number of amides is 1. The number of aromatic nitrogens is 2. The largest absolute Gasteiger partial charge is 0.493 e. The maximum atomic E-state index is 12.5. The molecule has 32 heavy (non-hydrogen) atoms. The predicted molar refractivity (Wildman–Crippen MR) is 123 cm³/mol. The molecule has 1 amide bonds. The van der Waals surface area contributed by atoms with E-state index in [1.54, 1.807) is 12.1 Å². The van der Waals surface area contributed by atoms with Crippen molar-refractivity contribution in [3.05, 3.63) is 54.6 Å². The number of hydrogen-bond donors (Lipinski definition) is 1. The molecule has 0 atom stereocenters. The number of thioether (sulfide) groups is 1. The maximum absolute atomic E-state index is 12.5. The van der Waals surface area contributed by atoms with Gasteiger partial charge in [0.15, 0.2) is 11.5 Å². The number of nitrogens with one attached hydrogen (secondary N) is 1. The third kappa shape index (κ3) is 4.47. The van der Waals surface area contributed by atoms with Gasteiger partial charge in [0, 0.05) is 16.6 Å². The Hall–Kier alpha value is -3.72. The first-order chi connectivity index (χ1) is 15.6. The van der Waals surface area contributed by atoms with Crippen molar-refractivity contribution >= 4 is 34.1 Å². The van der Waals surface area contributed by atoms with Crippen LogP contribution in [-0.2, 0) is 4.79 Å². The van der Waals surface area contributed by atoms with Crippen molar-refractivity contribution in [2.24, 2.45) is 0 Å². The predicted octanol–water partition coefficient (Wildman–Crippen LogP) is 4.65. The monoisotopic (exact) mass is 451 g/mol. The zero-order valence-electron chi connectivity index (χ0n) is 17.7. The van der Waals surface area contributed by atoms with Crippen molar-refractivity contribution in [2.75, 3.05) is 32.4 Å². The van der Waals surface area contributed by atoms with Crippen molar-refractivity contribution in [2.45, 2.75) is 5.22 Å². The van der Waals surface area contributed by atoms with Gasteiger partial charge in [0.25, 0.3) is 5.22 Å². The maximum Gasteiger partial charge on any atom is 0.277 e. The minimum Gasteiger partial charge on any atom is -0.493 e. The summed E-state index contributed by atoms with van der Waals surface area (Å²) < 4.78 is 21.8. The van der Waals surface area contributed by atoms with Crippen molar-refractivity contribution in [1.29, 1.82) is 0 Å². The summed E-state index contributed by atoms with van der Waals surface area (Å²) in [6.07, 6.45) is 0. The van der Waals surface area contributed by atoms with E-state index in [0.717, 1.165) is 28.2 Å². The van der Waals surface area contributed by atoms with Crippen LogP contribution in [0.25, 0.3) is 22.2 Å². The fourth-order valence-corrected chi connectivity index (χ4v) is 3.80. The molecule has 0 aliphatic carbocycles. The number of ether oxygens (including phenoxy) is 3. The highest BCUT2D eigenvalue weighted by molar-refractivity contribution is 7.99. The minimum absolute atomic E-state index is 0.125. The Morgan fingerprint density at radius 2 is 1.69 bits per heavy atom. The van der Waals surface area contributed by atoms with Gasteiger partial charge >= 0.3 is 0 Å². The van der Waals surface area contributed by atoms with Crippen molar-refractivity contribution in [3.8, 4) is 28.7 Å². The Balaban J connectivity index is 1.45. The molecule has 4 rings (SSSR count). The molecule has 164 valence electrons. The Morgan fingerprint density at radius 1 is 0.969 bits per heavy atom.